The van der Waals surface area contributed by atoms with E-state index in [1.165, 1.54) is 24.5 Å². The number of anilines is 1. The number of nitrogens with two attached hydrogens (primary N) is 1. The van der Waals surface area contributed by atoms with Gasteiger partial charge in [-0.25, -0.2) is 14.4 Å². The molecule has 0 saturated heterocycles. The Morgan fingerprint density at radius 3 is 3.00 bits per heavy atom. The fourth-order valence-corrected chi connectivity index (χ4v) is 2.03. The molecule has 0 aliphatic rings. The number of nitrogens with one attached hydrogen (secondary N) is 2. The predicted octanol–water partition coefficient (Wildman–Crippen LogP) is 1.25. The Labute approximate surface area is 124 Å². The molecule has 7 nitrogen and oxygen atoms in total. The fourth-order valence-electron chi connectivity index (χ4n) is 2.03. The number of halogens is 1. The molecule has 0 unspecified atom stereocenters. The summed E-state index contributed by atoms with van der Waals surface area (Å²) in [5, 5.41) is 3.03. The van der Waals surface area contributed by atoms with E-state index in [1.54, 1.807) is 6.07 Å². The van der Waals surface area contributed by atoms with Gasteiger partial charge in [0.25, 0.3) is 5.91 Å². The van der Waals surface area contributed by atoms with Crippen LogP contribution in [0.5, 0.6) is 0 Å². The van der Waals surface area contributed by atoms with Crippen LogP contribution in [-0.4, -0.2) is 32.4 Å². The maximum atomic E-state index is 13.1. The van der Waals surface area contributed by atoms with Crippen LogP contribution in [0.2, 0.25) is 0 Å². The van der Waals surface area contributed by atoms with Gasteiger partial charge in [0, 0.05) is 13.0 Å². The van der Waals surface area contributed by atoms with Crippen molar-refractivity contribution in [1.82, 2.24) is 19.9 Å². The van der Waals surface area contributed by atoms with Gasteiger partial charge in [-0.15, -0.1) is 0 Å². The van der Waals surface area contributed by atoms with Crippen molar-refractivity contribution in [3.8, 4) is 0 Å². The number of aromatic amines is 1. The summed E-state index contributed by atoms with van der Waals surface area (Å²) in [6.07, 6.45) is 3.39. The molecule has 0 bridgehead atoms. The van der Waals surface area contributed by atoms with Crippen molar-refractivity contribution in [1.29, 1.82) is 0 Å². The molecule has 2 aromatic heterocycles. The number of primary amides is 1. The predicted molar refractivity (Wildman–Crippen MR) is 78.8 cm³/mol. The topological polar surface area (TPSA) is 110 Å². The van der Waals surface area contributed by atoms with Crippen LogP contribution in [0, 0.1) is 5.82 Å². The summed E-state index contributed by atoms with van der Waals surface area (Å²) >= 11 is 0. The average molecular weight is 300 g/mol. The van der Waals surface area contributed by atoms with E-state index in [4.69, 9.17) is 5.73 Å². The molecule has 3 rings (SSSR count). The highest BCUT2D eigenvalue weighted by Crippen LogP contribution is 2.13. The summed E-state index contributed by atoms with van der Waals surface area (Å²) in [6, 6.07) is 4.40. The maximum absolute atomic E-state index is 13.1. The first-order valence-corrected chi connectivity index (χ1v) is 6.62. The quantitative estimate of drug-likeness (QED) is 0.657. The summed E-state index contributed by atoms with van der Waals surface area (Å²) in [4.78, 5) is 26.3. The lowest BCUT2D eigenvalue weighted by atomic mass is 10.3. The first-order valence-electron chi connectivity index (χ1n) is 6.62. The Morgan fingerprint density at radius 2 is 2.18 bits per heavy atom. The molecule has 1 aromatic carbocycles. The molecule has 0 radical (unpaired) electrons. The smallest absolute Gasteiger partial charge is 0.268 e. The zero-order chi connectivity index (χ0) is 15.5. The average Bonchev–Trinajstić information content (AvgIpc) is 2.89. The van der Waals surface area contributed by atoms with E-state index in [1.807, 2.05) is 0 Å². The summed E-state index contributed by atoms with van der Waals surface area (Å²) in [7, 11) is 0. The van der Waals surface area contributed by atoms with Crippen molar-refractivity contribution in [2.24, 2.45) is 5.73 Å². The molecule has 22 heavy (non-hydrogen) atoms. The van der Waals surface area contributed by atoms with E-state index < -0.39 is 5.91 Å². The number of amides is 1. The Hall–Kier alpha value is -3.03. The Morgan fingerprint density at radius 1 is 1.32 bits per heavy atom. The van der Waals surface area contributed by atoms with Crippen LogP contribution < -0.4 is 11.1 Å². The van der Waals surface area contributed by atoms with Crippen LogP contribution in [0.4, 0.5) is 10.2 Å². The van der Waals surface area contributed by atoms with Crippen LogP contribution in [0.3, 0.4) is 0 Å². The third kappa shape index (κ3) is 3.00. The lowest BCUT2D eigenvalue weighted by molar-refractivity contribution is 0.0995. The maximum Gasteiger partial charge on any atom is 0.268 e. The Bertz CT molecular complexity index is 831. The molecule has 0 saturated carbocycles. The number of carbonyl (C=O) groups is 1. The van der Waals surface area contributed by atoms with Gasteiger partial charge in [0.05, 0.1) is 23.4 Å². The Kier molecular flexibility index (Phi) is 3.65. The minimum absolute atomic E-state index is 0.101. The van der Waals surface area contributed by atoms with E-state index >= 15 is 0 Å². The van der Waals surface area contributed by atoms with E-state index in [-0.39, 0.29) is 11.5 Å². The first-order chi connectivity index (χ1) is 10.6. The molecule has 8 heteroatoms. The molecule has 0 fully saturated rings. The fraction of sp³-hybridized carbons (Fsp3) is 0.143. The van der Waals surface area contributed by atoms with Gasteiger partial charge in [-0.2, -0.15) is 0 Å². The second-order valence-electron chi connectivity index (χ2n) is 4.68. The second-order valence-corrected chi connectivity index (χ2v) is 4.68. The third-order valence-electron chi connectivity index (χ3n) is 3.05. The number of aromatic nitrogens is 4. The number of imidazole rings is 1. The minimum Gasteiger partial charge on any atom is -0.368 e. The van der Waals surface area contributed by atoms with Gasteiger partial charge < -0.3 is 16.0 Å². The van der Waals surface area contributed by atoms with Crippen molar-refractivity contribution in [3.63, 3.8) is 0 Å². The number of nitrogens with zero attached hydrogens (tertiary/aromatic N) is 3. The van der Waals surface area contributed by atoms with Gasteiger partial charge in [0.1, 0.15) is 23.2 Å². The van der Waals surface area contributed by atoms with E-state index in [0.717, 1.165) is 5.82 Å². The number of benzene rings is 1. The highest BCUT2D eigenvalue weighted by molar-refractivity contribution is 5.90. The molecule has 0 spiro atoms. The Balaban J connectivity index is 1.64. The molecular weight excluding hydrogens is 287 g/mol. The van der Waals surface area contributed by atoms with Crippen molar-refractivity contribution >= 4 is 22.8 Å². The number of fused-ring (bicyclic) bond motifs is 1. The van der Waals surface area contributed by atoms with Crippen molar-refractivity contribution in [2.45, 2.75) is 6.42 Å². The number of H-pyrrole nitrogens is 1. The van der Waals surface area contributed by atoms with Crippen molar-refractivity contribution in [3.05, 3.63) is 47.9 Å². The van der Waals surface area contributed by atoms with Crippen molar-refractivity contribution < 1.29 is 9.18 Å². The summed E-state index contributed by atoms with van der Waals surface area (Å²) in [5.41, 5.74) is 6.62. The summed E-state index contributed by atoms with van der Waals surface area (Å²) < 4.78 is 13.1. The second kappa shape index (κ2) is 5.76. The summed E-state index contributed by atoms with van der Waals surface area (Å²) in [6.45, 7) is 0.527. The molecule has 3 aromatic rings. The molecule has 0 aliphatic carbocycles. The number of carbonyl (C=O) groups excluding carboxylic acids is 1. The summed E-state index contributed by atoms with van der Waals surface area (Å²) in [5.74, 6) is 0.250. The number of hydrogen-bond donors (Lipinski definition) is 3. The highest BCUT2D eigenvalue weighted by Gasteiger charge is 2.06. The van der Waals surface area contributed by atoms with Crippen molar-refractivity contribution in [2.75, 3.05) is 11.9 Å². The molecule has 0 atom stereocenters. The van der Waals surface area contributed by atoms with Gasteiger partial charge in [0.2, 0.25) is 0 Å². The van der Waals surface area contributed by atoms with E-state index in [2.05, 4.69) is 25.3 Å². The van der Waals surface area contributed by atoms with E-state index in [0.29, 0.717) is 29.8 Å². The molecule has 1 amide bonds. The third-order valence-corrected chi connectivity index (χ3v) is 3.05. The lowest BCUT2D eigenvalue weighted by Crippen LogP contribution is -2.15. The zero-order valence-corrected chi connectivity index (χ0v) is 11.5. The monoisotopic (exact) mass is 300 g/mol. The van der Waals surface area contributed by atoms with Crippen LogP contribution in [-0.2, 0) is 6.42 Å². The van der Waals surface area contributed by atoms with Gasteiger partial charge in [-0.3, -0.25) is 9.78 Å². The molecule has 2 heterocycles. The zero-order valence-electron chi connectivity index (χ0n) is 11.5. The van der Waals surface area contributed by atoms with Crippen LogP contribution in [0.15, 0.2) is 30.6 Å². The van der Waals surface area contributed by atoms with Crippen LogP contribution in [0.25, 0.3) is 11.0 Å². The standard InChI is InChI=1S/C14H13FN6O/c15-8-1-2-9-10(5-8)20-12(19-9)3-4-18-13-7-17-6-11(21-13)14(16)22/h1-2,5-7H,3-4H2,(H2,16,22)(H,18,21)(H,19,20). The number of rotatable bonds is 5. The first kappa shape index (κ1) is 13.9. The molecule has 0 aliphatic heterocycles. The molecule has 112 valence electrons. The van der Waals surface area contributed by atoms with Gasteiger partial charge in [0.15, 0.2) is 0 Å². The van der Waals surface area contributed by atoms with Crippen LogP contribution >= 0.6 is 0 Å². The van der Waals surface area contributed by atoms with E-state index in [9.17, 15) is 9.18 Å². The minimum atomic E-state index is -0.629. The van der Waals surface area contributed by atoms with Gasteiger partial charge in [-0.05, 0) is 18.2 Å². The lowest BCUT2D eigenvalue weighted by Gasteiger charge is -2.04. The number of hydrogen-bond acceptors (Lipinski definition) is 5. The van der Waals surface area contributed by atoms with Gasteiger partial charge >= 0.3 is 0 Å². The largest absolute Gasteiger partial charge is 0.368 e. The normalized spacial score (nSPS) is 10.8. The molecular formula is C14H13FN6O. The highest BCUT2D eigenvalue weighted by atomic mass is 19.1. The molecule has 4 N–H and O–H groups in total. The van der Waals surface area contributed by atoms with Crippen LogP contribution in [0.1, 0.15) is 16.3 Å². The van der Waals surface area contributed by atoms with Gasteiger partial charge in [-0.1, -0.05) is 0 Å². The SMILES string of the molecule is NC(=O)c1cncc(NCCc2nc3ccc(F)cc3[nH]2)n1.